The first-order valence-electron chi connectivity index (χ1n) is 7.61. The molecule has 0 aliphatic carbocycles. The van der Waals surface area contributed by atoms with E-state index in [9.17, 15) is 14.7 Å². The molecule has 2 aromatic carbocycles. The van der Waals surface area contributed by atoms with E-state index >= 15 is 0 Å². The van der Waals surface area contributed by atoms with Crippen LogP contribution in [0, 0.1) is 0 Å². The van der Waals surface area contributed by atoms with Crippen molar-refractivity contribution in [2.45, 2.75) is 12.8 Å². The van der Waals surface area contributed by atoms with Crippen molar-refractivity contribution < 1.29 is 23.8 Å². The van der Waals surface area contributed by atoms with Crippen molar-refractivity contribution in [1.82, 2.24) is 0 Å². The van der Waals surface area contributed by atoms with Gasteiger partial charge < -0.3 is 14.3 Å². The zero-order valence-electron chi connectivity index (χ0n) is 13.4. The molecule has 25 heavy (non-hydrogen) atoms. The number of phenols is 1. The van der Waals surface area contributed by atoms with Gasteiger partial charge >= 0.3 is 5.97 Å². The minimum atomic E-state index is -0.377. The van der Waals surface area contributed by atoms with E-state index in [0.29, 0.717) is 33.5 Å². The third kappa shape index (κ3) is 3.51. The summed E-state index contributed by atoms with van der Waals surface area (Å²) < 4.78 is 10.4. The topological polar surface area (TPSA) is 76.7 Å². The van der Waals surface area contributed by atoms with Crippen molar-refractivity contribution in [1.29, 1.82) is 0 Å². The van der Waals surface area contributed by atoms with E-state index in [-0.39, 0.29) is 29.7 Å². The molecule has 0 atom stereocenters. The van der Waals surface area contributed by atoms with Crippen LogP contribution in [0.3, 0.4) is 0 Å². The maximum absolute atomic E-state index is 12.8. The number of hydrogen-bond donors (Lipinski definition) is 1. The molecule has 0 aliphatic rings. The number of halogens is 1. The first kappa shape index (κ1) is 17.0. The predicted molar refractivity (Wildman–Crippen MR) is 93.1 cm³/mol. The molecule has 1 aromatic heterocycles. The van der Waals surface area contributed by atoms with Crippen molar-refractivity contribution in [2.24, 2.45) is 0 Å². The summed E-state index contributed by atoms with van der Waals surface area (Å²) in [5, 5.41) is 10.8. The van der Waals surface area contributed by atoms with Gasteiger partial charge in [0, 0.05) is 34.0 Å². The first-order valence-corrected chi connectivity index (χ1v) is 7.99. The number of fused-ring (bicyclic) bond motifs is 1. The first-order chi connectivity index (χ1) is 12.0. The van der Waals surface area contributed by atoms with Crippen LogP contribution in [0.2, 0.25) is 5.02 Å². The molecule has 0 fully saturated rings. The third-order valence-corrected chi connectivity index (χ3v) is 4.15. The number of ketones is 1. The fourth-order valence-corrected chi connectivity index (χ4v) is 2.76. The predicted octanol–water partition coefficient (Wildman–Crippen LogP) is 4.13. The SMILES string of the molecule is COC(=O)CCc1c(C(=O)c2ccc(Cl)cc2)oc2cc(O)ccc12. The molecule has 3 rings (SSSR count). The van der Waals surface area contributed by atoms with Crippen molar-refractivity contribution in [2.75, 3.05) is 7.11 Å². The van der Waals surface area contributed by atoms with E-state index < -0.39 is 0 Å². The number of carbonyl (C=O) groups excluding carboxylic acids is 2. The van der Waals surface area contributed by atoms with Crippen LogP contribution >= 0.6 is 11.6 Å². The van der Waals surface area contributed by atoms with E-state index in [1.54, 1.807) is 30.3 Å². The number of phenolic OH excluding ortho intramolecular Hbond substituents is 1. The summed E-state index contributed by atoms with van der Waals surface area (Å²) in [5.74, 6) is -0.511. The highest BCUT2D eigenvalue weighted by Crippen LogP contribution is 2.31. The average molecular weight is 359 g/mol. The van der Waals surface area contributed by atoms with Crippen LogP contribution in [0.25, 0.3) is 11.0 Å². The maximum Gasteiger partial charge on any atom is 0.305 e. The summed E-state index contributed by atoms with van der Waals surface area (Å²) in [6.45, 7) is 0. The van der Waals surface area contributed by atoms with Gasteiger partial charge in [0.25, 0.3) is 0 Å². The number of hydrogen-bond acceptors (Lipinski definition) is 5. The van der Waals surface area contributed by atoms with Gasteiger partial charge in [-0.1, -0.05) is 11.6 Å². The molecule has 5 nitrogen and oxygen atoms in total. The van der Waals surface area contributed by atoms with E-state index in [1.165, 1.54) is 19.2 Å². The Bertz CT molecular complexity index is 940. The number of aryl methyl sites for hydroxylation is 1. The van der Waals surface area contributed by atoms with Crippen LogP contribution in [-0.2, 0) is 16.0 Å². The number of methoxy groups -OCH3 is 1. The standard InChI is InChI=1S/C19H15ClO5/c1-24-17(22)9-8-15-14-7-6-13(21)10-16(14)25-19(15)18(23)11-2-4-12(20)5-3-11/h2-7,10,21H,8-9H2,1H3. The molecule has 0 saturated carbocycles. The Morgan fingerprint density at radius 3 is 2.56 bits per heavy atom. The molecule has 1 N–H and O–H groups in total. The molecule has 3 aromatic rings. The normalized spacial score (nSPS) is 10.8. The van der Waals surface area contributed by atoms with Gasteiger partial charge in [0.2, 0.25) is 5.78 Å². The lowest BCUT2D eigenvalue weighted by molar-refractivity contribution is -0.140. The zero-order chi connectivity index (χ0) is 18.0. The lowest BCUT2D eigenvalue weighted by Crippen LogP contribution is -2.06. The lowest BCUT2D eigenvalue weighted by atomic mass is 10.0. The number of aromatic hydroxyl groups is 1. The van der Waals surface area contributed by atoms with Gasteiger partial charge in [-0.15, -0.1) is 0 Å². The molecule has 0 amide bonds. The number of benzene rings is 2. The fraction of sp³-hybridized carbons (Fsp3) is 0.158. The lowest BCUT2D eigenvalue weighted by Gasteiger charge is -2.03. The number of rotatable bonds is 5. The summed E-state index contributed by atoms with van der Waals surface area (Å²) in [6.07, 6.45) is 0.409. The molecular weight excluding hydrogens is 344 g/mol. The highest BCUT2D eigenvalue weighted by molar-refractivity contribution is 6.30. The Hall–Kier alpha value is -2.79. The van der Waals surface area contributed by atoms with Crippen LogP contribution in [-0.4, -0.2) is 24.0 Å². The molecule has 0 radical (unpaired) electrons. The van der Waals surface area contributed by atoms with Crippen molar-refractivity contribution in [3.8, 4) is 5.75 Å². The minimum absolute atomic E-state index is 0.0336. The van der Waals surface area contributed by atoms with Crippen LogP contribution in [0.4, 0.5) is 0 Å². The molecule has 1 heterocycles. The maximum atomic E-state index is 12.8. The molecule has 0 aliphatic heterocycles. The quantitative estimate of drug-likeness (QED) is 0.548. The summed E-state index contributed by atoms with van der Waals surface area (Å²) in [6, 6.07) is 11.1. The van der Waals surface area contributed by atoms with Crippen LogP contribution in [0.15, 0.2) is 46.9 Å². The summed E-state index contributed by atoms with van der Waals surface area (Å²) >= 11 is 5.86. The van der Waals surface area contributed by atoms with Crippen LogP contribution in [0.5, 0.6) is 5.75 Å². The smallest absolute Gasteiger partial charge is 0.305 e. The summed E-state index contributed by atoms with van der Waals surface area (Å²) in [5.41, 5.74) is 1.42. The van der Waals surface area contributed by atoms with Gasteiger partial charge in [0.05, 0.1) is 7.11 Å². The molecule has 128 valence electrons. The van der Waals surface area contributed by atoms with Gasteiger partial charge in [-0.05, 0) is 42.8 Å². The molecule has 0 unspecified atom stereocenters. The van der Waals surface area contributed by atoms with Gasteiger partial charge in [0.15, 0.2) is 5.76 Å². The van der Waals surface area contributed by atoms with Gasteiger partial charge in [-0.2, -0.15) is 0 Å². The van der Waals surface area contributed by atoms with E-state index in [0.717, 1.165) is 0 Å². The van der Waals surface area contributed by atoms with Crippen molar-refractivity contribution in [3.63, 3.8) is 0 Å². The van der Waals surface area contributed by atoms with Gasteiger partial charge in [0.1, 0.15) is 11.3 Å². The van der Waals surface area contributed by atoms with E-state index in [4.69, 9.17) is 16.0 Å². The number of furan rings is 1. The second-order valence-electron chi connectivity index (χ2n) is 5.50. The van der Waals surface area contributed by atoms with Crippen LogP contribution in [0.1, 0.15) is 28.1 Å². The largest absolute Gasteiger partial charge is 0.508 e. The minimum Gasteiger partial charge on any atom is -0.508 e. The number of carbonyl (C=O) groups is 2. The van der Waals surface area contributed by atoms with Gasteiger partial charge in [-0.25, -0.2) is 0 Å². The molecule has 0 saturated heterocycles. The number of ether oxygens (including phenoxy) is 1. The van der Waals surface area contributed by atoms with Crippen molar-refractivity contribution >= 4 is 34.3 Å². The molecule has 0 spiro atoms. The monoisotopic (exact) mass is 358 g/mol. The summed E-state index contributed by atoms with van der Waals surface area (Å²) in [4.78, 5) is 24.3. The summed E-state index contributed by atoms with van der Waals surface area (Å²) in [7, 11) is 1.31. The molecular formula is C19H15ClO5. The highest BCUT2D eigenvalue weighted by atomic mass is 35.5. The molecule has 6 heteroatoms. The fourth-order valence-electron chi connectivity index (χ4n) is 2.63. The second kappa shape index (κ2) is 6.99. The second-order valence-corrected chi connectivity index (χ2v) is 5.94. The molecule has 0 bridgehead atoms. The Morgan fingerprint density at radius 1 is 1.16 bits per heavy atom. The van der Waals surface area contributed by atoms with Gasteiger partial charge in [-0.3, -0.25) is 9.59 Å². The highest BCUT2D eigenvalue weighted by Gasteiger charge is 2.22. The Labute approximate surface area is 148 Å². The number of esters is 1. The zero-order valence-corrected chi connectivity index (χ0v) is 14.2. The van der Waals surface area contributed by atoms with E-state index in [2.05, 4.69) is 4.74 Å². The third-order valence-electron chi connectivity index (χ3n) is 3.90. The Kier molecular flexibility index (Phi) is 4.76. The van der Waals surface area contributed by atoms with Crippen LogP contribution < -0.4 is 0 Å². The Morgan fingerprint density at radius 2 is 1.88 bits per heavy atom. The average Bonchev–Trinajstić information content (AvgIpc) is 2.97. The Balaban J connectivity index is 2.07. The van der Waals surface area contributed by atoms with E-state index in [1.807, 2.05) is 0 Å². The van der Waals surface area contributed by atoms with Crippen molar-refractivity contribution in [3.05, 3.63) is 64.4 Å².